The van der Waals surface area contributed by atoms with E-state index in [-0.39, 0.29) is 29.5 Å². The Morgan fingerprint density at radius 2 is 1.95 bits per heavy atom. The SMILES string of the molecule is Cl.O=C1CC2(CCNCC2)CN1c1cc(C(F)(F)F)ccn1. The number of amides is 1. The van der Waals surface area contributed by atoms with Gasteiger partial charge in [-0.3, -0.25) is 9.69 Å². The van der Waals surface area contributed by atoms with E-state index in [4.69, 9.17) is 0 Å². The fourth-order valence-corrected chi connectivity index (χ4v) is 3.14. The molecule has 2 aliphatic heterocycles. The molecule has 8 heteroatoms. The zero-order valence-corrected chi connectivity index (χ0v) is 12.6. The van der Waals surface area contributed by atoms with E-state index in [1.165, 1.54) is 4.90 Å². The molecule has 0 atom stereocenters. The third-order valence-corrected chi connectivity index (χ3v) is 4.33. The van der Waals surface area contributed by atoms with Crippen molar-refractivity contribution in [1.29, 1.82) is 0 Å². The van der Waals surface area contributed by atoms with E-state index in [1.807, 2.05) is 0 Å². The number of alkyl halides is 3. The standard InChI is InChI=1S/C14H16F3N3O.ClH/c15-14(16,17)10-1-4-19-11(7-10)20-9-13(8-12(20)21)2-5-18-6-3-13;/h1,4,7,18H,2-3,5-6,8-9H2;1H. The third kappa shape index (κ3) is 3.20. The van der Waals surface area contributed by atoms with Gasteiger partial charge in [0.05, 0.1) is 5.56 Å². The first kappa shape index (κ1) is 17.0. The number of aromatic nitrogens is 1. The second-order valence-corrected chi connectivity index (χ2v) is 5.81. The summed E-state index contributed by atoms with van der Waals surface area (Å²) in [5.41, 5.74) is -0.885. The number of anilines is 1. The lowest BCUT2D eigenvalue weighted by Crippen LogP contribution is -2.38. The fourth-order valence-electron chi connectivity index (χ4n) is 3.14. The summed E-state index contributed by atoms with van der Waals surface area (Å²) in [6, 6.07) is 1.88. The Labute approximate surface area is 132 Å². The summed E-state index contributed by atoms with van der Waals surface area (Å²) in [6.07, 6.45) is -1.18. The van der Waals surface area contributed by atoms with Crippen molar-refractivity contribution in [2.75, 3.05) is 24.5 Å². The molecule has 0 unspecified atom stereocenters. The molecule has 3 heterocycles. The molecule has 122 valence electrons. The average Bonchev–Trinajstić information content (AvgIpc) is 2.75. The maximum Gasteiger partial charge on any atom is 0.416 e. The van der Waals surface area contributed by atoms with Gasteiger partial charge in [-0.15, -0.1) is 12.4 Å². The fraction of sp³-hybridized carbons (Fsp3) is 0.571. The zero-order chi connectivity index (χ0) is 15.1. The Morgan fingerprint density at radius 1 is 1.27 bits per heavy atom. The molecule has 1 aromatic heterocycles. The van der Waals surface area contributed by atoms with Gasteiger partial charge in [0, 0.05) is 19.2 Å². The summed E-state index contributed by atoms with van der Waals surface area (Å²) >= 11 is 0. The van der Waals surface area contributed by atoms with Crippen LogP contribution in [0.3, 0.4) is 0 Å². The van der Waals surface area contributed by atoms with Gasteiger partial charge in [0.1, 0.15) is 5.82 Å². The number of nitrogens with zero attached hydrogens (tertiary/aromatic N) is 2. The highest BCUT2D eigenvalue weighted by Gasteiger charge is 2.44. The Bertz CT molecular complexity index is 559. The van der Waals surface area contributed by atoms with Crippen LogP contribution in [0.5, 0.6) is 0 Å². The highest BCUT2D eigenvalue weighted by atomic mass is 35.5. The summed E-state index contributed by atoms with van der Waals surface area (Å²) < 4.78 is 38.3. The minimum absolute atomic E-state index is 0. The highest BCUT2D eigenvalue weighted by molar-refractivity contribution is 5.95. The average molecular weight is 336 g/mol. The number of carbonyl (C=O) groups is 1. The molecule has 4 nitrogen and oxygen atoms in total. The van der Waals surface area contributed by atoms with Crippen molar-refractivity contribution in [1.82, 2.24) is 10.3 Å². The normalized spacial score (nSPS) is 21.0. The van der Waals surface area contributed by atoms with E-state index in [1.54, 1.807) is 0 Å². The molecule has 0 radical (unpaired) electrons. The van der Waals surface area contributed by atoms with Crippen LogP contribution in [0.4, 0.5) is 19.0 Å². The minimum atomic E-state index is -4.42. The van der Waals surface area contributed by atoms with Crippen LogP contribution in [0.25, 0.3) is 0 Å². The molecule has 2 aliphatic rings. The molecule has 1 aromatic rings. The van der Waals surface area contributed by atoms with Gasteiger partial charge in [-0.2, -0.15) is 13.2 Å². The molecular weight excluding hydrogens is 319 g/mol. The molecule has 1 spiro atoms. The molecule has 0 aromatic carbocycles. The number of pyridine rings is 1. The summed E-state index contributed by atoms with van der Waals surface area (Å²) in [5.74, 6) is -0.0334. The Balaban J connectivity index is 0.00000176. The van der Waals surface area contributed by atoms with Crippen molar-refractivity contribution in [3.8, 4) is 0 Å². The van der Waals surface area contributed by atoms with E-state index in [0.29, 0.717) is 13.0 Å². The maximum absolute atomic E-state index is 12.8. The van der Waals surface area contributed by atoms with Gasteiger partial charge >= 0.3 is 6.18 Å². The van der Waals surface area contributed by atoms with Crippen molar-refractivity contribution in [3.63, 3.8) is 0 Å². The van der Waals surface area contributed by atoms with Gasteiger partial charge in [-0.05, 0) is 43.5 Å². The summed E-state index contributed by atoms with van der Waals surface area (Å²) in [4.78, 5) is 17.5. The molecule has 22 heavy (non-hydrogen) atoms. The van der Waals surface area contributed by atoms with Crippen LogP contribution in [-0.2, 0) is 11.0 Å². The molecule has 0 aliphatic carbocycles. The molecule has 0 bridgehead atoms. The number of hydrogen-bond donors (Lipinski definition) is 1. The third-order valence-electron chi connectivity index (χ3n) is 4.33. The van der Waals surface area contributed by atoms with E-state index in [9.17, 15) is 18.0 Å². The van der Waals surface area contributed by atoms with Gasteiger partial charge in [0.25, 0.3) is 0 Å². The van der Waals surface area contributed by atoms with Crippen LogP contribution in [0, 0.1) is 5.41 Å². The summed E-state index contributed by atoms with van der Waals surface area (Å²) in [6.45, 7) is 2.15. The van der Waals surface area contributed by atoms with Gasteiger partial charge in [0.15, 0.2) is 0 Å². The van der Waals surface area contributed by atoms with Crippen molar-refractivity contribution in [2.45, 2.75) is 25.4 Å². The summed E-state index contributed by atoms with van der Waals surface area (Å²) in [7, 11) is 0. The van der Waals surface area contributed by atoms with Crippen LogP contribution >= 0.6 is 12.4 Å². The largest absolute Gasteiger partial charge is 0.416 e. The lowest BCUT2D eigenvalue weighted by atomic mass is 9.78. The lowest BCUT2D eigenvalue weighted by molar-refractivity contribution is -0.137. The molecule has 2 saturated heterocycles. The first-order valence-electron chi connectivity index (χ1n) is 6.94. The first-order chi connectivity index (χ1) is 9.90. The van der Waals surface area contributed by atoms with Crippen LogP contribution < -0.4 is 10.2 Å². The molecule has 2 fully saturated rings. The topological polar surface area (TPSA) is 45.2 Å². The van der Waals surface area contributed by atoms with Crippen molar-refractivity contribution >= 4 is 24.1 Å². The van der Waals surface area contributed by atoms with Crippen molar-refractivity contribution < 1.29 is 18.0 Å². The lowest BCUT2D eigenvalue weighted by Gasteiger charge is -2.32. The van der Waals surface area contributed by atoms with Gasteiger partial charge in [-0.25, -0.2) is 4.98 Å². The number of halogens is 4. The van der Waals surface area contributed by atoms with Gasteiger partial charge < -0.3 is 5.32 Å². The predicted octanol–water partition coefficient (Wildman–Crippen LogP) is 2.63. The van der Waals surface area contributed by atoms with E-state index in [2.05, 4.69) is 10.3 Å². The molecule has 0 saturated carbocycles. The number of hydrogen-bond acceptors (Lipinski definition) is 3. The smallest absolute Gasteiger partial charge is 0.317 e. The predicted molar refractivity (Wildman–Crippen MR) is 78.0 cm³/mol. The highest BCUT2D eigenvalue weighted by Crippen LogP contribution is 2.41. The number of nitrogens with one attached hydrogen (secondary N) is 1. The van der Waals surface area contributed by atoms with E-state index < -0.39 is 11.7 Å². The molecule has 1 N–H and O–H groups in total. The van der Waals surface area contributed by atoms with Crippen molar-refractivity contribution in [3.05, 3.63) is 23.9 Å². The quantitative estimate of drug-likeness (QED) is 0.858. The van der Waals surface area contributed by atoms with Gasteiger partial charge in [0.2, 0.25) is 5.91 Å². The van der Waals surface area contributed by atoms with Crippen LogP contribution in [0.2, 0.25) is 0 Å². The Morgan fingerprint density at radius 3 is 2.59 bits per heavy atom. The monoisotopic (exact) mass is 335 g/mol. The van der Waals surface area contributed by atoms with Crippen LogP contribution in [0.15, 0.2) is 18.3 Å². The summed E-state index contributed by atoms with van der Waals surface area (Å²) in [5, 5.41) is 3.24. The first-order valence-corrected chi connectivity index (χ1v) is 6.94. The number of piperidine rings is 1. The van der Waals surface area contributed by atoms with Crippen molar-refractivity contribution in [2.24, 2.45) is 5.41 Å². The van der Waals surface area contributed by atoms with E-state index >= 15 is 0 Å². The molecular formula is C14H17ClF3N3O. The molecule has 3 rings (SSSR count). The Kier molecular flexibility index (Phi) is 4.67. The Hall–Kier alpha value is -1.34. The number of rotatable bonds is 1. The van der Waals surface area contributed by atoms with E-state index in [0.717, 1.165) is 44.3 Å². The van der Waals surface area contributed by atoms with Crippen LogP contribution in [0.1, 0.15) is 24.8 Å². The maximum atomic E-state index is 12.8. The second-order valence-electron chi connectivity index (χ2n) is 5.81. The van der Waals surface area contributed by atoms with Gasteiger partial charge in [-0.1, -0.05) is 0 Å². The minimum Gasteiger partial charge on any atom is -0.317 e. The number of carbonyl (C=O) groups excluding carboxylic acids is 1. The molecule has 1 amide bonds. The second kappa shape index (κ2) is 6.04. The van der Waals surface area contributed by atoms with Crippen LogP contribution in [-0.4, -0.2) is 30.5 Å². The zero-order valence-electron chi connectivity index (χ0n) is 11.8.